The van der Waals surface area contributed by atoms with Gasteiger partial charge in [-0.1, -0.05) is 6.07 Å². The van der Waals surface area contributed by atoms with Crippen LogP contribution in [-0.2, 0) is 0 Å². The largest absolute Gasteiger partial charge is 0.477 e. The third kappa shape index (κ3) is 3.88. The Morgan fingerprint density at radius 1 is 1.31 bits per heavy atom. The van der Waals surface area contributed by atoms with Crippen LogP contribution >= 0.6 is 0 Å². The van der Waals surface area contributed by atoms with Crippen LogP contribution < -0.4 is 9.47 Å². The van der Waals surface area contributed by atoms with Gasteiger partial charge in [-0.05, 0) is 18.9 Å². The summed E-state index contributed by atoms with van der Waals surface area (Å²) < 4.78 is 11.0. The molecule has 0 saturated carbocycles. The van der Waals surface area contributed by atoms with Gasteiger partial charge in [0, 0.05) is 36.6 Å². The van der Waals surface area contributed by atoms with Crippen LogP contribution in [0.4, 0.5) is 5.69 Å². The molecule has 0 bridgehead atoms. The summed E-state index contributed by atoms with van der Waals surface area (Å²) in [6.07, 6.45) is 4.28. The fourth-order valence-corrected chi connectivity index (χ4v) is 2.85. The van der Waals surface area contributed by atoms with Crippen LogP contribution in [0.3, 0.4) is 0 Å². The van der Waals surface area contributed by atoms with E-state index in [-0.39, 0.29) is 35.0 Å². The van der Waals surface area contributed by atoms with Gasteiger partial charge in [0.1, 0.15) is 6.10 Å². The van der Waals surface area contributed by atoms with E-state index in [2.05, 4.69) is 9.97 Å². The summed E-state index contributed by atoms with van der Waals surface area (Å²) in [7, 11) is 1.48. The van der Waals surface area contributed by atoms with Crippen molar-refractivity contribution in [2.24, 2.45) is 0 Å². The van der Waals surface area contributed by atoms with Crippen molar-refractivity contribution in [1.29, 1.82) is 0 Å². The topological polar surface area (TPSA) is 108 Å². The highest BCUT2D eigenvalue weighted by atomic mass is 16.6. The molecular formula is C17H18N4O5. The van der Waals surface area contributed by atoms with Gasteiger partial charge in [-0.3, -0.25) is 14.9 Å². The Labute approximate surface area is 149 Å². The number of nitro benzene ring substituents is 1. The second-order valence-electron chi connectivity index (χ2n) is 5.81. The summed E-state index contributed by atoms with van der Waals surface area (Å²) in [4.78, 5) is 32.9. The van der Waals surface area contributed by atoms with Gasteiger partial charge in [-0.25, -0.2) is 9.97 Å². The van der Waals surface area contributed by atoms with Crippen molar-refractivity contribution in [2.75, 3.05) is 20.2 Å². The normalized spacial score (nSPS) is 16.8. The van der Waals surface area contributed by atoms with Crippen molar-refractivity contribution >= 4 is 11.6 Å². The minimum absolute atomic E-state index is 0.107. The molecule has 136 valence electrons. The Morgan fingerprint density at radius 2 is 2.08 bits per heavy atom. The van der Waals surface area contributed by atoms with Crippen molar-refractivity contribution in [3.8, 4) is 11.8 Å². The maximum absolute atomic E-state index is 12.7. The van der Waals surface area contributed by atoms with Crippen molar-refractivity contribution in [1.82, 2.24) is 14.9 Å². The van der Waals surface area contributed by atoms with E-state index in [4.69, 9.17) is 9.47 Å². The maximum atomic E-state index is 12.7. The molecule has 2 heterocycles. The molecule has 1 saturated heterocycles. The van der Waals surface area contributed by atoms with E-state index < -0.39 is 4.92 Å². The fraction of sp³-hybridized carbons (Fsp3) is 0.353. The molecule has 9 nitrogen and oxygen atoms in total. The lowest BCUT2D eigenvalue weighted by atomic mass is 10.1. The minimum Gasteiger partial charge on any atom is -0.477 e. The molecule has 3 rings (SSSR count). The molecule has 1 aliphatic heterocycles. The molecule has 1 aromatic carbocycles. The number of carbonyl (C=O) groups excluding carboxylic acids is 1. The number of likely N-dealkylation sites (tertiary alicyclic amines) is 1. The lowest BCUT2D eigenvalue weighted by Crippen LogP contribution is -2.44. The Bertz CT molecular complexity index is 813. The number of amides is 1. The summed E-state index contributed by atoms with van der Waals surface area (Å²) in [5.41, 5.74) is 0.182. The molecule has 1 fully saturated rings. The zero-order chi connectivity index (χ0) is 18.5. The van der Waals surface area contributed by atoms with Gasteiger partial charge in [0.2, 0.25) is 0 Å². The number of aromatic nitrogens is 2. The van der Waals surface area contributed by atoms with Gasteiger partial charge in [-0.2, -0.15) is 0 Å². The van der Waals surface area contributed by atoms with E-state index >= 15 is 0 Å². The van der Waals surface area contributed by atoms with Gasteiger partial charge in [0.15, 0.2) is 0 Å². The summed E-state index contributed by atoms with van der Waals surface area (Å²) in [6, 6.07) is 5.73. The first-order valence-corrected chi connectivity index (χ1v) is 8.14. The van der Waals surface area contributed by atoms with Gasteiger partial charge in [0.25, 0.3) is 23.4 Å². The second kappa shape index (κ2) is 7.77. The van der Waals surface area contributed by atoms with Crippen LogP contribution in [0.2, 0.25) is 0 Å². The van der Waals surface area contributed by atoms with E-state index in [9.17, 15) is 14.9 Å². The quantitative estimate of drug-likeness (QED) is 0.595. The molecule has 1 amide bonds. The number of piperidine rings is 1. The third-order valence-corrected chi connectivity index (χ3v) is 4.07. The third-order valence-electron chi connectivity index (χ3n) is 4.07. The molecular weight excluding hydrogens is 340 g/mol. The molecule has 1 unspecified atom stereocenters. The number of ether oxygens (including phenoxy) is 2. The van der Waals surface area contributed by atoms with Crippen molar-refractivity contribution in [2.45, 2.75) is 18.9 Å². The summed E-state index contributed by atoms with van der Waals surface area (Å²) in [6.45, 7) is 0.931. The first kappa shape index (κ1) is 17.6. The molecule has 26 heavy (non-hydrogen) atoms. The van der Waals surface area contributed by atoms with Crippen LogP contribution in [0.1, 0.15) is 23.2 Å². The smallest absolute Gasteiger partial charge is 0.278 e. The molecule has 2 aromatic rings. The van der Waals surface area contributed by atoms with Crippen molar-refractivity contribution in [3.05, 3.63) is 52.3 Å². The highest BCUT2D eigenvalue weighted by Gasteiger charge is 2.27. The molecule has 0 spiro atoms. The van der Waals surface area contributed by atoms with E-state index in [1.54, 1.807) is 11.0 Å². The minimum atomic E-state index is -0.515. The average molecular weight is 358 g/mol. The van der Waals surface area contributed by atoms with E-state index in [0.29, 0.717) is 13.1 Å². The number of benzene rings is 1. The lowest BCUT2D eigenvalue weighted by Gasteiger charge is -2.32. The lowest BCUT2D eigenvalue weighted by molar-refractivity contribution is -0.384. The number of nitro groups is 1. The second-order valence-corrected chi connectivity index (χ2v) is 5.81. The zero-order valence-corrected chi connectivity index (χ0v) is 14.2. The maximum Gasteiger partial charge on any atom is 0.278 e. The molecule has 1 atom stereocenters. The molecule has 1 aliphatic rings. The Kier molecular flexibility index (Phi) is 5.26. The highest BCUT2D eigenvalue weighted by molar-refractivity contribution is 5.94. The Morgan fingerprint density at radius 3 is 2.81 bits per heavy atom. The van der Waals surface area contributed by atoms with Crippen molar-refractivity contribution in [3.63, 3.8) is 0 Å². The summed E-state index contributed by atoms with van der Waals surface area (Å²) >= 11 is 0. The van der Waals surface area contributed by atoms with E-state index in [0.717, 1.165) is 12.8 Å². The van der Waals surface area contributed by atoms with Crippen LogP contribution in [0, 0.1) is 10.1 Å². The number of hydrogen-bond donors (Lipinski definition) is 0. The standard InChI is InChI=1S/C17H18N4O5/c1-25-15-16(19-8-7-18-15)26-14-6-3-9-20(11-14)17(22)12-4-2-5-13(10-12)21(23)24/h2,4-5,7-8,10,14H,3,6,9,11H2,1H3. The van der Waals surface area contributed by atoms with Crippen LogP contribution in [0.5, 0.6) is 11.8 Å². The number of rotatable bonds is 5. The average Bonchev–Trinajstić information content (AvgIpc) is 2.68. The van der Waals surface area contributed by atoms with Crippen LogP contribution in [-0.4, -0.2) is 52.0 Å². The van der Waals surface area contributed by atoms with Gasteiger partial charge >= 0.3 is 0 Å². The van der Waals surface area contributed by atoms with Gasteiger partial charge in [-0.15, -0.1) is 0 Å². The SMILES string of the molecule is COc1nccnc1OC1CCCN(C(=O)c2cccc([N+](=O)[O-])c2)C1. The van der Waals surface area contributed by atoms with Crippen LogP contribution in [0.25, 0.3) is 0 Å². The Balaban J connectivity index is 1.71. The molecule has 1 aromatic heterocycles. The van der Waals surface area contributed by atoms with E-state index in [1.165, 1.54) is 37.7 Å². The number of non-ortho nitro benzene ring substituents is 1. The molecule has 0 radical (unpaired) electrons. The van der Waals surface area contributed by atoms with E-state index in [1.807, 2.05) is 0 Å². The summed E-state index contributed by atoms with van der Waals surface area (Å²) in [5.74, 6) is 0.312. The zero-order valence-electron chi connectivity index (χ0n) is 14.2. The molecule has 0 aliphatic carbocycles. The van der Waals surface area contributed by atoms with Gasteiger partial charge < -0.3 is 14.4 Å². The first-order chi connectivity index (χ1) is 12.6. The number of nitrogens with zero attached hydrogens (tertiary/aromatic N) is 4. The number of carbonyl (C=O) groups is 1. The molecule has 0 N–H and O–H groups in total. The predicted molar refractivity (Wildman–Crippen MR) is 91.2 cm³/mol. The van der Waals surface area contributed by atoms with Crippen molar-refractivity contribution < 1.29 is 19.2 Å². The fourth-order valence-electron chi connectivity index (χ4n) is 2.85. The van der Waals surface area contributed by atoms with Crippen LogP contribution in [0.15, 0.2) is 36.7 Å². The predicted octanol–water partition coefficient (Wildman–Crippen LogP) is 2.08. The van der Waals surface area contributed by atoms with Gasteiger partial charge in [0.05, 0.1) is 18.6 Å². The monoisotopic (exact) mass is 358 g/mol. The number of methoxy groups -OCH3 is 1. The first-order valence-electron chi connectivity index (χ1n) is 8.14. The Hall–Kier alpha value is -3.23. The molecule has 9 heteroatoms. The summed E-state index contributed by atoms with van der Waals surface area (Å²) in [5, 5.41) is 10.9. The highest BCUT2D eigenvalue weighted by Crippen LogP contribution is 2.24. The number of hydrogen-bond acceptors (Lipinski definition) is 7.